The van der Waals surface area contributed by atoms with E-state index in [1.165, 1.54) is 16.9 Å². The largest absolute Gasteiger partial charge is 0.444 e. The maximum absolute atomic E-state index is 12.3. The summed E-state index contributed by atoms with van der Waals surface area (Å²) in [5.41, 5.74) is 4.00. The number of hydrogen-bond acceptors (Lipinski definition) is 5. The lowest BCUT2D eigenvalue weighted by Crippen LogP contribution is -2.52. The molecule has 5 rings (SSSR count). The molecule has 3 aliphatic rings. The molecule has 3 aliphatic heterocycles. The fraction of sp³-hybridized carbons (Fsp3) is 0.444. The van der Waals surface area contributed by atoms with Crippen LogP contribution in [-0.4, -0.2) is 41.7 Å². The first-order valence-corrected chi connectivity index (χ1v) is 9.27. The molecular formula is C18H21N3O2S. The van der Waals surface area contributed by atoms with Gasteiger partial charge in [-0.05, 0) is 44.3 Å². The fourth-order valence-electron chi connectivity index (χ4n) is 3.63. The molecule has 0 spiro atoms. The van der Waals surface area contributed by atoms with Crippen molar-refractivity contribution in [3.05, 3.63) is 35.3 Å². The molecule has 5 nitrogen and oxygen atoms in total. The number of thiazole rings is 1. The molecule has 2 bridgehead atoms. The van der Waals surface area contributed by atoms with Gasteiger partial charge in [0.15, 0.2) is 5.82 Å². The molecule has 1 amide bonds. The van der Waals surface area contributed by atoms with Gasteiger partial charge in [-0.25, -0.2) is 9.78 Å². The summed E-state index contributed by atoms with van der Waals surface area (Å²) in [6.07, 6.45) is 1.87. The fourth-order valence-corrected chi connectivity index (χ4v) is 4.38. The number of aryl methyl sites for hydroxylation is 1. The zero-order chi connectivity index (χ0) is 16.5. The maximum Gasteiger partial charge on any atom is 0.413 e. The molecule has 1 atom stereocenters. The Balaban J connectivity index is 1.44. The Bertz CT molecular complexity index is 737. The molecule has 4 heterocycles. The second kappa shape index (κ2) is 6.53. The van der Waals surface area contributed by atoms with Crippen LogP contribution in [0.2, 0.25) is 0 Å². The van der Waals surface area contributed by atoms with Crippen molar-refractivity contribution in [3.8, 4) is 10.4 Å². The standard InChI is InChI=1S/C18H21N3O2S/c1-12-3-2-4-14(9-12)16-17(19-11-24-16)20-18(22)23-15-10-21-7-5-13(15)6-8-21/h2-4,9,11,13,15H,5-8,10H2,1H3,(H,20,22)/t15-/m0/s1. The normalized spacial score (nSPS) is 25.5. The second-order valence-electron chi connectivity index (χ2n) is 6.61. The molecule has 2 aromatic rings. The van der Waals surface area contributed by atoms with Crippen molar-refractivity contribution in [1.82, 2.24) is 9.88 Å². The van der Waals surface area contributed by atoms with Crippen LogP contribution in [0.4, 0.5) is 10.6 Å². The van der Waals surface area contributed by atoms with Gasteiger partial charge >= 0.3 is 6.09 Å². The van der Waals surface area contributed by atoms with Gasteiger partial charge in [0.2, 0.25) is 0 Å². The zero-order valence-corrected chi connectivity index (χ0v) is 14.5. The minimum absolute atomic E-state index is 0.00792. The number of nitrogens with one attached hydrogen (secondary N) is 1. The molecule has 0 saturated carbocycles. The first kappa shape index (κ1) is 15.6. The van der Waals surface area contributed by atoms with Crippen LogP contribution in [0, 0.1) is 12.8 Å². The second-order valence-corrected chi connectivity index (χ2v) is 7.46. The van der Waals surface area contributed by atoms with Gasteiger partial charge in [0.25, 0.3) is 0 Å². The highest BCUT2D eigenvalue weighted by Crippen LogP contribution is 2.33. The average Bonchev–Trinajstić information content (AvgIpc) is 3.04. The van der Waals surface area contributed by atoms with Crippen LogP contribution in [0.5, 0.6) is 0 Å². The lowest BCUT2D eigenvalue weighted by molar-refractivity contribution is -0.0290. The van der Waals surface area contributed by atoms with E-state index in [0.29, 0.717) is 11.7 Å². The number of carbonyl (C=O) groups excluding carboxylic acids is 1. The van der Waals surface area contributed by atoms with Crippen molar-refractivity contribution in [1.29, 1.82) is 0 Å². The number of nitrogens with zero attached hydrogens (tertiary/aromatic N) is 2. The predicted molar refractivity (Wildman–Crippen MR) is 95.3 cm³/mol. The Morgan fingerprint density at radius 2 is 2.21 bits per heavy atom. The lowest BCUT2D eigenvalue weighted by Gasteiger charge is -2.43. The lowest BCUT2D eigenvalue weighted by atomic mass is 9.86. The number of rotatable bonds is 3. The summed E-state index contributed by atoms with van der Waals surface area (Å²) >= 11 is 1.52. The van der Waals surface area contributed by atoms with Gasteiger partial charge in [-0.1, -0.05) is 29.8 Å². The van der Waals surface area contributed by atoms with E-state index >= 15 is 0 Å². The van der Waals surface area contributed by atoms with Crippen LogP contribution >= 0.6 is 11.3 Å². The molecule has 0 radical (unpaired) electrons. The van der Waals surface area contributed by atoms with Gasteiger partial charge in [0.1, 0.15) is 6.10 Å². The summed E-state index contributed by atoms with van der Waals surface area (Å²) in [6.45, 7) is 5.19. The van der Waals surface area contributed by atoms with E-state index < -0.39 is 6.09 Å². The van der Waals surface area contributed by atoms with Crippen molar-refractivity contribution < 1.29 is 9.53 Å². The molecule has 1 aromatic carbocycles. The molecule has 6 heteroatoms. The predicted octanol–water partition coefficient (Wildman–Crippen LogP) is 3.76. The molecule has 0 aliphatic carbocycles. The van der Waals surface area contributed by atoms with Gasteiger partial charge in [0, 0.05) is 6.54 Å². The Hall–Kier alpha value is -1.92. The molecule has 0 unspecified atom stereocenters. The van der Waals surface area contributed by atoms with Crippen LogP contribution in [0.15, 0.2) is 29.8 Å². The number of aromatic nitrogens is 1. The van der Waals surface area contributed by atoms with Crippen LogP contribution in [-0.2, 0) is 4.74 Å². The van der Waals surface area contributed by atoms with Crippen LogP contribution in [0.1, 0.15) is 18.4 Å². The number of anilines is 1. The average molecular weight is 343 g/mol. The van der Waals surface area contributed by atoms with Crippen molar-refractivity contribution in [2.45, 2.75) is 25.9 Å². The molecule has 1 N–H and O–H groups in total. The van der Waals surface area contributed by atoms with Crippen LogP contribution in [0.3, 0.4) is 0 Å². The van der Waals surface area contributed by atoms with Crippen molar-refractivity contribution in [3.63, 3.8) is 0 Å². The summed E-state index contributed by atoms with van der Waals surface area (Å²) in [6, 6.07) is 8.20. The quantitative estimate of drug-likeness (QED) is 0.922. The van der Waals surface area contributed by atoms with E-state index in [4.69, 9.17) is 4.74 Å². The molecule has 24 heavy (non-hydrogen) atoms. The highest BCUT2D eigenvalue weighted by Gasteiger charge is 2.36. The maximum atomic E-state index is 12.3. The van der Waals surface area contributed by atoms with E-state index in [-0.39, 0.29) is 6.10 Å². The Morgan fingerprint density at radius 1 is 1.38 bits per heavy atom. The van der Waals surface area contributed by atoms with Gasteiger partial charge < -0.3 is 4.74 Å². The third-order valence-electron chi connectivity index (χ3n) is 4.92. The van der Waals surface area contributed by atoms with E-state index in [9.17, 15) is 4.79 Å². The number of fused-ring (bicyclic) bond motifs is 3. The van der Waals surface area contributed by atoms with E-state index in [1.54, 1.807) is 5.51 Å². The highest BCUT2D eigenvalue weighted by molar-refractivity contribution is 7.13. The van der Waals surface area contributed by atoms with Gasteiger partial charge in [0.05, 0.1) is 10.4 Å². The molecule has 1 aromatic heterocycles. The molecule has 3 saturated heterocycles. The van der Waals surface area contributed by atoms with Gasteiger partial charge in [-0.2, -0.15) is 0 Å². The van der Waals surface area contributed by atoms with Gasteiger partial charge in [-0.3, -0.25) is 10.2 Å². The van der Waals surface area contributed by atoms with E-state index in [1.807, 2.05) is 12.1 Å². The van der Waals surface area contributed by atoms with E-state index in [2.05, 4.69) is 34.3 Å². The molecule has 3 fully saturated rings. The Labute approximate surface area is 145 Å². The van der Waals surface area contributed by atoms with Crippen molar-refractivity contribution >= 4 is 23.2 Å². The topological polar surface area (TPSA) is 54.5 Å². The minimum atomic E-state index is -0.395. The third-order valence-corrected chi connectivity index (χ3v) is 5.80. The minimum Gasteiger partial charge on any atom is -0.444 e. The summed E-state index contributed by atoms with van der Waals surface area (Å²) in [4.78, 5) is 20.0. The monoisotopic (exact) mass is 343 g/mol. The summed E-state index contributed by atoms with van der Waals surface area (Å²) < 4.78 is 5.69. The SMILES string of the molecule is Cc1cccc(-c2scnc2NC(=O)O[C@H]2CN3CCC2CC3)c1. The number of ether oxygens (including phenoxy) is 1. The van der Waals surface area contributed by atoms with Gasteiger partial charge in [-0.15, -0.1) is 11.3 Å². The first-order chi connectivity index (χ1) is 11.7. The number of benzene rings is 1. The smallest absolute Gasteiger partial charge is 0.413 e. The van der Waals surface area contributed by atoms with Crippen molar-refractivity contribution in [2.75, 3.05) is 25.0 Å². The highest BCUT2D eigenvalue weighted by atomic mass is 32.1. The van der Waals surface area contributed by atoms with Crippen LogP contribution < -0.4 is 5.32 Å². The number of carbonyl (C=O) groups is 1. The van der Waals surface area contributed by atoms with Crippen LogP contribution in [0.25, 0.3) is 10.4 Å². The molecular weight excluding hydrogens is 322 g/mol. The first-order valence-electron chi connectivity index (χ1n) is 8.39. The number of hydrogen-bond donors (Lipinski definition) is 1. The molecule has 126 valence electrons. The van der Waals surface area contributed by atoms with E-state index in [0.717, 1.165) is 42.9 Å². The zero-order valence-electron chi connectivity index (χ0n) is 13.7. The third kappa shape index (κ3) is 3.16. The summed E-state index contributed by atoms with van der Waals surface area (Å²) in [5.74, 6) is 1.09. The number of amides is 1. The Kier molecular flexibility index (Phi) is 4.24. The van der Waals surface area contributed by atoms with Crippen molar-refractivity contribution in [2.24, 2.45) is 5.92 Å². The summed E-state index contributed by atoms with van der Waals surface area (Å²) in [5, 5.41) is 2.83. The Morgan fingerprint density at radius 3 is 2.92 bits per heavy atom. The summed E-state index contributed by atoms with van der Waals surface area (Å²) in [7, 11) is 0. The number of piperidine rings is 3.